The second-order valence-corrected chi connectivity index (χ2v) is 17.2. The first-order chi connectivity index (χ1) is 27.7. The number of fused-ring (bicyclic) bond motifs is 6. The summed E-state index contributed by atoms with van der Waals surface area (Å²) in [5.41, 5.74) is 4.93. The van der Waals surface area contributed by atoms with Crippen LogP contribution in [0.3, 0.4) is 0 Å². The van der Waals surface area contributed by atoms with E-state index < -0.39 is 83.2 Å². The zero-order chi connectivity index (χ0) is 43.6. The van der Waals surface area contributed by atoms with Crippen LogP contribution in [0.25, 0.3) is 11.1 Å². The summed E-state index contributed by atoms with van der Waals surface area (Å²) in [6.45, 7) is 14.7. The molecule has 1 aromatic heterocycles. The number of anilines is 1. The van der Waals surface area contributed by atoms with Gasteiger partial charge in [-0.1, -0.05) is 46.3 Å². The molecule has 13 atom stereocenters. The molecule has 0 radical (unpaired) electrons. The van der Waals surface area contributed by atoms with Crippen LogP contribution in [0.2, 0.25) is 0 Å². The summed E-state index contributed by atoms with van der Waals surface area (Å²) in [5, 5.41) is 28.5. The van der Waals surface area contributed by atoms with Crippen LogP contribution in [-0.4, -0.2) is 131 Å². The Balaban J connectivity index is 0.00000794. The van der Waals surface area contributed by atoms with Crippen LogP contribution < -0.4 is 5.73 Å². The molecule has 5 rings (SSSR count). The molecule has 3 aliphatic rings. The number of cyclic esters (lactones) is 1. The van der Waals surface area contributed by atoms with Gasteiger partial charge in [0.15, 0.2) is 17.7 Å². The lowest BCUT2D eigenvalue weighted by Crippen LogP contribution is -2.60. The minimum absolute atomic E-state index is 0. The van der Waals surface area contributed by atoms with E-state index >= 15 is 0 Å². The summed E-state index contributed by atoms with van der Waals surface area (Å²) in [6.07, 6.45) is -5.20. The summed E-state index contributed by atoms with van der Waals surface area (Å²) < 4.78 is 37.8. The van der Waals surface area contributed by atoms with Crippen molar-refractivity contribution >= 4 is 46.2 Å². The van der Waals surface area contributed by atoms with E-state index in [-0.39, 0.29) is 64.0 Å². The summed E-state index contributed by atoms with van der Waals surface area (Å²) in [4.78, 5) is 57.6. The van der Waals surface area contributed by atoms with E-state index in [1.165, 1.54) is 20.8 Å². The summed E-state index contributed by atoms with van der Waals surface area (Å²) in [6, 6.07) is 4.99. The predicted molar refractivity (Wildman–Crippen MR) is 224 cm³/mol. The normalized spacial score (nSPS) is 37.5. The maximum Gasteiger partial charge on any atom is 0.316 e. The van der Waals surface area contributed by atoms with Crippen molar-refractivity contribution < 1.29 is 57.5 Å². The lowest BCUT2D eigenvalue weighted by Gasteiger charge is -2.47. The van der Waals surface area contributed by atoms with E-state index in [1.807, 2.05) is 32.8 Å². The summed E-state index contributed by atoms with van der Waals surface area (Å²) >= 11 is 0. The SMILES string of the molecule is C.CC[C@H]1OC(=O)[C@H](C)C(=O)[C@H](C)[C@@H](O[C@@H]2O[C@H](C)C[C@H](N(C)C)[C@H]2O)[C@@]2(C)C[C@@H](C)C(=NC(C)=O)[C@H](C)[C@@H](OC/C(=N\OCc3ccc4oc(N)nc4c3)CO2)[C@]1(C)O. The van der Waals surface area contributed by atoms with Crippen molar-refractivity contribution in [3.8, 4) is 0 Å². The molecule has 2 aromatic rings. The number of nitrogen functional groups attached to an aromatic ring is 1. The highest BCUT2D eigenvalue weighted by Crippen LogP contribution is 2.40. The van der Waals surface area contributed by atoms with Crippen LogP contribution in [0, 0.1) is 23.7 Å². The molecular weight excluding hydrogens is 778 g/mol. The number of ether oxygens (including phenoxy) is 5. The smallest absolute Gasteiger partial charge is 0.316 e. The molecule has 3 aliphatic heterocycles. The third kappa shape index (κ3) is 10.8. The maximum absolute atomic E-state index is 14.5. The zero-order valence-electron chi connectivity index (χ0n) is 36.2. The molecule has 1 amide bonds. The molecule has 4 N–H and O–H groups in total. The number of aliphatic hydroxyl groups is 2. The van der Waals surface area contributed by atoms with Gasteiger partial charge in [-0.2, -0.15) is 4.98 Å². The number of hydrogen-bond acceptors (Lipinski definition) is 16. The van der Waals surface area contributed by atoms with Crippen LogP contribution in [0.1, 0.15) is 94.6 Å². The van der Waals surface area contributed by atoms with Gasteiger partial charge >= 0.3 is 5.97 Å². The van der Waals surface area contributed by atoms with Crippen LogP contribution in [0.15, 0.2) is 32.8 Å². The molecular formula is C43H67N5O12. The van der Waals surface area contributed by atoms with Gasteiger partial charge in [-0.05, 0) is 84.7 Å². The number of hydrogen-bond donors (Lipinski definition) is 3. The molecule has 17 heteroatoms. The van der Waals surface area contributed by atoms with Gasteiger partial charge in [-0.3, -0.25) is 14.4 Å². The third-order valence-corrected chi connectivity index (χ3v) is 12.0. The number of nitrogens with zero attached hydrogens (tertiary/aromatic N) is 4. The average Bonchev–Trinajstić information content (AvgIpc) is 3.54. The fraction of sp³-hybridized carbons (Fsp3) is 0.721. The number of carbonyl (C=O) groups excluding carboxylic acids is 3. The van der Waals surface area contributed by atoms with E-state index in [9.17, 15) is 24.6 Å². The van der Waals surface area contributed by atoms with Crippen LogP contribution in [0.4, 0.5) is 6.01 Å². The molecule has 1 aromatic carbocycles. The Labute approximate surface area is 353 Å². The Bertz CT molecular complexity index is 1880. The number of aromatic nitrogens is 1. The van der Waals surface area contributed by atoms with Gasteiger partial charge in [0.2, 0.25) is 5.91 Å². The maximum atomic E-state index is 14.5. The number of aliphatic imine (C=N–C) groups is 1. The standard InChI is InChI=1S/C42H63N5O12.CH4/c1-12-32-42(9,52)37-23(4)33(44-26(7)48)21(2)17-41(8,54-20-28(19-53-37)46-55-18-27-13-14-31-29(16-27)45-40(43)57-31)36(24(5)34(49)25(6)38(51)58-32)59-39-35(50)30(47(10)11)15-22(3)56-39;/h13-14,16,21-25,30,32,35-37,39,50,52H,12,15,17-20H2,1-11H3,(H2,43,45);1H4/b44-33?,46-28+;/t21-,22-,23+,24+,25-,30+,32-,35-,36-,37-,39+,41-,42-;/m1./s1. The fourth-order valence-electron chi connectivity index (χ4n) is 8.88. The summed E-state index contributed by atoms with van der Waals surface area (Å²) in [7, 11) is 3.72. The van der Waals surface area contributed by atoms with Gasteiger partial charge in [-0.25, -0.2) is 4.99 Å². The van der Waals surface area contributed by atoms with Crippen LogP contribution in [0.5, 0.6) is 0 Å². The van der Waals surface area contributed by atoms with E-state index in [4.69, 9.17) is 38.7 Å². The number of esters is 1. The molecule has 0 spiro atoms. The number of aliphatic hydroxyl groups excluding tert-OH is 1. The first kappa shape index (κ1) is 48.8. The topological polar surface area (TPSA) is 227 Å². The van der Waals surface area contributed by atoms with Crippen molar-refractivity contribution in [3.63, 3.8) is 0 Å². The molecule has 3 fully saturated rings. The Morgan fingerprint density at radius 3 is 2.45 bits per heavy atom. The molecule has 3 saturated heterocycles. The number of Topliss-reactive ketones (excluding diaryl/α,β-unsaturated/α-hetero) is 1. The van der Waals surface area contributed by atoms with E-state index in [1.54, 1.807) is 45.9 Å². The van der Waals surface area contributed by atoms with Gasteiger partial charge in [0.05, 0.1) is 37.1 Å². The highest BCUT2D eigenvalue weighted by molar-refractivity contribution is 6.00. The predicted octanol–water partition coefficient (Wildman–Crippen LogP) is 4.48. The van der Waals surface area contributed by atoms with Crippen molar-refractivity contribution in [2.45, 2.75) is 150 Å². The minimum Gasteiger partial charge on any atom is -0.459 e. The highest BCUT2D eigenvalue weighted by Gasteiger charge is 2.53. The number of likely N-dealkylation sites (N-methyl/N-ethyl adjacent to an activating group) is 1. The van der Waals surface area contributed by atoms with Crippen molar-refractivity contribution in [2.75, 3.05) is 33.0 Å². The summed E-state index contributed by atoms with van der Waals surface area (Å²) in [5.74, 6) is -5.38. The van der Waals surface area contributed by atoms with Crippen LogP contribution >= 0.6 is 0 Å². The molecule has 336 valence electrons. The quantitative estimate of drug-likeness (QED) is 0.198. The van der Waals surface area contributed by atoms with E-state index in [2.05, 4.69) is 15.1 Å². The van der Waals surface area contributed by atoms with Gasteiger partial charge in [0.25, 0.3) is 6.01 Å². The van der Waals surface area contributed by atoms with Crippen molar-refractivity contribution in [2.24, 2.45) is 33.8 Å². The van der Waals surface area contributed by atoms with Gasteiger partial charge in [-0.15, -0.1) is 0 Å². The lowest BCUT2D eigenvalue weighted by molar-refractivity contribution is -0.296. The minimum atomic E-state index is -1.86. The molecule has 0 saturated carbocycles. The van der Waals surface area contributed by atoms with Crippen LogP contribution in [-0.2, 0) is 49.5 Å². The first-order valence-electron chi connectivity index (χ1n) is 20.5. The highest BCUT2D eigenvalue weighted by atomic mass is 16.7. The van der Waals surface area contributed by atoms with Gasteiger partial charge < -0.3 is 53.8 Å². The Hall–Kier alpha value is -3.84. The van der Waals surface area contributed by atoms with E-state index in [0.717, 1.165) is 5.56 Å². The van der Waals surface area contributed by atoms with Crippen molar-refractivity contribution in [3.05, 3.63) is 23.8 Å². The molecule has 4 heterocycles. The number of rotatable bonds is 7. The molecule has 60 heavy (non-hydrogen) atoms. The first-order valence-corrected chi connectivity index (χ1v) is 20.5. The molecule has 0 aliphatic carbocycles. The number of nitrogens with two attached hydrogens (primary N) is 1. The van der Waals surface area contributed by atoms with Crippen molar-refractivity contribution in [1.29, 1.82) is 0 Å². The number of oxime groups is 1. The average molecular weight is 846 g/mol. The zero-order valence-corrected chi connectivity index (χ0v) is 36.2. The van der Waals surface area contributed by atoms with Crippen molar-refractivity contribution in [1.82, 2.24) is 9.88 Å². The Morgan fingerprint density at radius 1 is 1.10 bits per heavy atom. The number of oxazole rings is 1. The Kier molecular flexibility index (Phi) is 16.2. The number of amides is 1. The molecule has 2 bridgehead atoms. The van der Waals surface area contributed by atoms with Gasteiger partial charge in [0.1, 0.15) is 41.6 Å². The largest absolute Gasteiger partial charge is 0.459 e. The second kappa shape index (κ2) is 19.9. The number of ketones is 1. The third-order valence-electron chi connectivity index (χ3n) is 12.0. The van der Waals surface area contributed by atoms with Gasteiger partial charge in [0, 0.05) is 30.5 Å². The Morgan fingerprint density at radius 2 is 1.80 bits per heavy atom. The molecule has 0 unspecified atom stereocenters. The fourth-order valence-corrected chi connectivity index (χ4v) is 8.88. The lowest BCUT2D eigenvalue weighted by atomic mass is 9.73. The number of benzene rings is 1. The monoisotopic (exact) mass is 845 g/mol. The second-order valence-electron chi connectivity index (χ2n) is 17.2. The van der Waals surface area contributed by atoms with E-state index in [0.29, 0.717) is 23.2 Å². The number of carbonyl (C=O) groups is 3. The molecule has 17 nitrogen and oxygen atoms in total.